The van der Waals surface area contributed by atoms with Crippen molar-refractivity contribution in [2.75, 3.05) is 0 Å². The Labute approximate surface area is 93.0 Å². The summed E-state index contributed by atoms with van der Waals surface area (Å²) in [7, 11) is 0. The van der Waals surface area contributed by atoms with Crippen LogP contribution in [-0.4, -0.2) is 0 Å². The molecular formula is C15H18. The van der Waals surface area contributed by atoms with Crippen LogP contribution in [0.3, 0.4) is 0 Å². The van der Waals surface area contributed by atoms with Crippen LogP contribution in [0.25, 0.3) is 0 Å². The van der Waals surface area contributed by atoms with Crippen molar-refractivity contribution in [2.24, 2.45) is 0 Å². The van der Waals surface area contributed by atoms with Crippen LogP contribution in [0, 0.1) is 12.3 Å². The van der Waals surface area contributed by atoms with Crippen LogP contribution in [-0.2, 0) is 0 Å². The molecule has 0 heteroatoms. The Hall–Kier alpha value is -1.48. The van der Waals surface area contributed by atoms with E-state index in [0.717, 1.165) is 19.3 Å². The van der Waals surface area contributed by atoms with Crippen molar-refractivity contribution in [3.8, 4) is 12.3 Å². The molecule has 0 N–H and O–H groups in total. The molecule has 0 aromatic heterocycles. The first-order valence-corrected chi connectivity index (χ1v) is 5.49. The Balaban J connectivity index is 2.36. The van der Waals surface area contributed by atoms with Gasteiger partial charge in [-0.05, 0) is 24.3 Å². The van der Waals surface area contributed by atoms with Crippen molar-refractivity contribution >= 4 is 0 Å². The number of hydrogen-bond acceptors (Lipinski definition) is 0. The summed E-state index contributed by atoms with van der Waals surface area (Å²) in [5, 5.41) is 0. The minimum absolute atomic E-state index is 0.497. The number of hydrogen-bond donors (Lipinski definition) is 0. The van der Waals surface area contributed by atoms with E-state index in [1.807, 2.05) is 6.07 Å². The molecule has 0 heterocycles. The van der Waals surface area contributed by atoms with Crippen molar-refractivity contribution < 1.29 is 0 Å². The molecule has 1 aromatic carbocycles. The van der Waals surface area contributed by atoms with E-state index in [1.165, 1.54) is 5.56 Å². The molecule has 15 heavy (non-hydrogen) atoms. The molecule has 0 amide bonds. The minimum Gasteiger partial charge on any atom is -0.120 e. The fourth-order valence-electron chi connectivity index (χ4n) is 1.49. The highest BCUT2D eigenvalue weighted by Gasteiger charge is 1.98. The first-order chi connectivity index (χ1) is 7.34. The normalized spacial score (nSPS) is 12.5. The van der Waals surface area contributed by atoms with E-state index in [2.05, 4.69) is 49.3 Å². The molecule has 1 rings (SSSR count). The maximum atomic E-state index is 5.19. The van der Waals surface area contributed by atoms with Crippen LogP contribution < -0.4 is 0 Å². The highest BCUT2D eigenvalue weighted by atomic mass is 14.0. The molecule has 0 aliphatic rings. The topological polar surface area (TPSA) is 0 Å². The van der Waals surface area contributed by atoms with E-state index >= 15 is 0 Å². The number of benzene rings is 1. The molecule has 0 spiro atoms. The molecule has 0 saturated heterocycles. The third-order valence-corrected chi connectivity index (χ3v) is 2.44. The predicted octanol–water partition coefficient (Wildman–Crippen LogP) is 4.15. The van der Waals surface area contributed by atoms with Crippen molar-refractivity contribution in [3.05, 3.63) is 48.0 Å². The standard InChI is InChI=1S/C15H18/c1-3-4-5-6-8-11-14(2)15-12-9-7-10-13-15/h1,7-14H,4-6H2,2H3/b11-8+. The summed E-state index contributed by atoms with van der Waals surface area (Å²) in [6, 6.07) is 10.5. The molecular weight excluding hydrogens is 180 g/mol. The molecule has 0 nitrogen and oxygen atoms in total. The second kappa shape index (κ2) is 6.90. The zero-order valence-electron chi connectivity index (χ0n) is 9.32. The zero-order valence-corrected chi connectivity index (χ0v) is 9.32. The minimum atomic E-state index is 0.497. The van der Waals surface area contributed by atoms with Gasteiger partial charge in [-0.15, -0.1) is 12.3 Å². The number of unbranched alkanes of at least 4 members (excludes halogenated alkanes) is 2. The third-order valence-electron chi connectivity index (χ3n) is 2.44. The second-order valence-electron chi connectivity index (χ2n) is 3.72. The third kappa shape index (κ3) is 4.51. The second-order valence-corrected chi connectivity index (χ2v) is 3.72. The van der Waals surface area contributed by atoms with Crippen molar-refractivity contribution in [3.63, 3.8) is 0 Å². The summed E-state index contributed by atoms with van der Waals surface area (Å²) >= 11 is 0. The fraction of sp³-hybridized carbons (Fsp3) is 0.333. The number of rotatable bonds is 5. The highest BCUT2D eigenvalue weighted by Crippen LogP contribution is 2.16. The lowest BCUT2D eigenvalue weighted by molar-refractivity contribution is 0.870. The predicted molar refractivity (Wildman–Crippen MR) is 66.7 cm³/mol. The number of terminal acetylenes is 1. The van der Waals surface area contributed by atoms with Gasteiger partial charge in [0.1, 0.15) is 0 Å². The van der Waals surface area contributed by atoms with Crippen molar-refractivity contribution in [1.29, 1.82) is 0 Å². The van der Waals surface area contributed by atoms with Crippen LogP contribution in [0.1, 0.15) is 37.7 Å². The lowest BCUT2D eigenvalue weighted by Gasteiger charge is -2.05. The van der Waals surface area contributed by atoms with Gasteiger partial charge in [-0.1, -0.05) is 49.4 Å². The molecule has 78 valence electrons. The largest absolute Gasteiger partial charge is 0.120 e. The monoisotopic (exact) mass is 198 g/mol. The molecule has 1 unspecified atom stereocenters. The van der Waals surface area contributed by atoms with Crippen molar-refractivity contribution in [2.45, 2.75) is 32.1 Å². The lowest BCUT2D eigenvalue weighted by Crippen LogP contribution is -1.87. The van der Waals surface area contributed by atoms with E-state index in [-0.39, 0.29) is 0 Å². The van der Waals surface area contributed by atoms with Gasteiger partial charge in [-0.3, -0.25) is 0 Å². The van der Waals surface area contributed by atoms with E-state index in [4.69, 9.17) is 6.42 Å². The van der Waals surface area contributed by atoms with Gasteiger partial charge in [0.2, 0.25) is 0 Å². The van der Waals surface area contributed by atoms with E-state index in [9.17, 15) is 0 Å². The summed E-state index contributed by atoms with van der Waals surface area (Å²) in [6.07, 6.45) is 12.7. The molecule has 0 aliphatic carbocycles. The Kier molecular flexibility index (Phi) is 5.33. The molecule has 0 saturated carbocycles. The Morgan fingerprint density at radius 3 is 2.73 bits per heavy atom. The average molecular weight is 198 g/mol. The van der Waals surface area contributed by atoms with Gasteiger partial charge in [0.25, 0.3) is 0 Å². The smallest absolute Gasteiger partial charge is 0.00890 e. The Morgan fingerprint density at radius 2 is 2.07 bits per heavy atom. The van der Waals surface area contributed by atoms with Crippen LogP contribution >= 0.6 is 0 Å². The first-order valence-electron chi connectivity index (χ1n) is 5.49. The Morgan fingerprint density at radius 1 is 1.33 bits per heavy atom. The van der Waals surface area contributed by atoms with Crippen LogP contribution in [0.15, 0.2) is 42.5 Å². The molecule has 0 fully saturated rings. The Bertz CT molecular complexity index is 327. The summed E-state index contributed by atoms with van der Waals surface area (Å²) in [5.41, 5.74) is 1.37. The van der Waals surface area contributed by atoms with Gasteiger partial charge in [0.15, 0.2) is 0 Å². The summed E-state index contributed by atoms with van der Waals surface area (Å²) in [5.74, 6) is 3.15. The van der Waals surface area contributed by atoms with Gasteiger partial charge in [0, 0.05) is 6.42 Å². The van der Waals surface area contributed by atoms with Crippen LogP contribution in [0.5, 0.6) is 0 Å². The molecule has 0 aliphatic heterocycles. The maximum Gasteiger partial charge on any atom is 0.00890 e. The van der Waals surface area contributed by atoms with Gasteiger partial charge < -0.3 is 0 Å². The SMILES string of the molecule is C#CCCC/C=C/C(C)c1ccccc1. The van der Waals surface area contributed by atoms with E-state index < -0.39 is 0 Å². The average Bonchev–Trinajstić information content (AvgIpc) is 2.30. The fourth-order valence-corrected chi connectivity index (χ4v) is 1.49. The van der Waals surface area contributed by atoms with Gasteiger partial charge in [-0.2, -0.15) is 0 Å². The van der Waals surface area contributed by atoms with Gasteiger partial charge in [0.05, 0.1) is 0 Å². The van der Waals surface area contributed by atoms with Gasteiger partial charge >= 0.3 is 0 Å². The van der Waals surface area contributed by atoms with Gasteiger partial charge in [-0.25, -0.2) is 0 Å². The maximum absolute atomic E-state index is 5.19. The summed E-state index contributed by atoms with van der Waals surface area (Å²) in [6.45, 7) is 2.22. The molecule has 1 aromatic rings. The molecule has 0 radical (unpaired) electrons. The zero-order chi connectivity index (χ0) is 10.9. The first kappa shape index (κ1) is 11.6. The van der Waals surface area contributed by atoms with Crippen LogP contribution in [0.4, 0.5) is 0 Å². The number of allylic oxidation sites excluding steroid dienone is 2. The van der Waals surface area contributed by atoms with Crippen LogP contribution in [0.2, 0.25) is 0 Å². The highest BCUT2D eigenvalue weighted by molar-refractivity contribution is 5.22. The summed E-state index contributed by atoms with van der Waals surface area (Å²) in [4.78, 5) is 0. The summed E-state index contributed by atoms with van der Waals surface area (Å²) < 4.78 is 0. The molecule has 0 bridgehead atoms. The van der Waals surface area contributed by atoms with E-state index in [0.29, 0.717) is 5.92 Å². The quantitative estimate of drug-likeness (QED) is 0.379. The van der Waals surface area contributed by atoms with Crippen molar-refractivity contribution in [1.82, 2.24) is 0 Å². The molecule has 1 atom stereocenters. The lowest BCUT2D eigenvalue weighted by atomic mass is 10.0. The van der Waals surface area contributed by atoms with E-state index in [1.54, 1.807) is 0 Å².